The maximum absolute atomic E-state index is 11.9. The summed E-state index contributed by atoms with van der Waals surface area (Å²) < 4.78 is 5.42. The summed E-state index contributed by atoms with van der Waals surface area (Å²) in [4.78, 5) is 13.8. The molecule has 2 atom stereocenters. The first-order valence-electron chi connectivity index (χ1n) is 5.64. The molecule has 3 nitrogen and oxygen atoms in total. The fourth-order valence-electron chi connectivity index (χ4n) is 1.47. The predicted octanol–water partition coefficient (Wildman–Crippen LogP) is 2.16. The van der Waals surface area contributed by atoms with Crippen molar-refractivity contribution in [3.05, 3.63) is 0 Å². The van der Waals surface area contributed by atoms with Crippen LogP contribution in [0.3, 0.4) is 0 Å². The maximum Gasteiger partial charge on any atom is 0.323 e. The molecular formula is C12H25NO2. The summed E-state index contributed by atoms with van der Waals surface area (Å²) in [6.45, 7) is 10.1. The summed E-state index contributed by atoms with van der Waals surface area (Å²) in [7, 11) is 3.82. The van der Waals surface area contributed by atoms with Gasteiger partial charge in [-0.3, -0.25) is 9.69 Å². The minimum Gasteiger partial charge on any atom is -0.461 e. The smallest absolute Gasteiger partial charge is 0.323 e. The predicted molar refractivity (Wildman–Crippen MR) is 62.7 cm³/mol. The van der Waals surface area contributed by atoms with Gasteiger partial charge in [0.05, 0.1) is 0 Å². The summed E-state index contributed by atoms with van der Waals surface area (Å²) in [5.74, 6) is 0.520. The highest BCUT2D eigenvalue weighted by Gasteiger charge is 2.27. The van der Waals surface area contributed by atoms with Gasteiger partial charge in [-0.15, -0.1) is 0 Å². The van der Waals surface area contributed by atoms with Gasteiger partial charge in [0.15, 0.2) is 0 Å². The van der Waals surface area contributed by atoms with Crippen LogP contribution in [0.1, 0.15) is 34.6 Å². The van der Waals surface area contributed by atoms with E-state index >= 15 is 0 Å². The summed E-state index contributed by atoms with van der Waals surface area (Å²) in [6.07, 6.45) is -0.0151. The number of hydrogen-bond acceptors (Lipinski definition) is 3. The van der Waals surface area contributed by atoms with Crippen LogP contribution in [0.2, 0.25) is 0 Å². The van der Waals surface area contributed by atoms with Gasteiger partial charge >= 0.3 is 5.97 Å². The fourth-order valence-corrected chi connectivity index (χ4v) is 1.47. The first-order valence-corrected chi connectivity index (χ1v) is 5.64. The zero-order valence-corrected chi connectivity index (χ0v) is 11.1. The summed E-state index contributed by atoms with van der Waals surface area (Å²) >= 11 is 0. The molecule has 0 aromatic carbocycles. The maximum atomic E-state index is 11.9. The molecule has 0 fully saturated rings. The van der Waals surface area contributed by atoms with Crippen molar-refractivity contribution in [2.24, 2.45) is 11.8 Å². The molecule has 0 heterocycles. The van der Waals surface area contributed by atoms with Crippen LogP contribution in [0, 0.1) is 11.8 Å². The molecule has 2 unspecified atom stereocenters. The van der Waals surface area contributed by atoms with E-state index < -0.39 is 0 Å². The lowest BCUT2D eigenvalue weighted by Crippen LogP contribution is -2.42. The molecule has 0 spiro atoms. The van der Waals surface area contributed by atoms with Gasteiger partial charge in [-0.2, -0.15) is 0 Å². The lowest BCUT2D eigenvalue weighted by molar-refractivity contribution is -0.157. The molecule has 0 rings (SSSR count). The summed E-state index contributed by atoms with van der Waals surface area (Å²) in [5, 5.41) is 0. The van der Waals surface area contributed by atoms with Crippen LogP contribution in [0.5, 0.6) is 0 Å². The zero-order valence-electron chi connectivity index (χ0n) is 11.1. The molecule has 0 aliphatic carbocycles. The number of ether oxygens (including phenoxy) is 1. The Bertz CT molecular complexity index is 192. The van der Waals surface area contributed by atoms with Crippen molar-refractivity contribution in [3.8, 4) is 0 Å². The Hall–Kier alpha value is -0.570. The van der Waals surface area contributed by atoms with E-state index in [1.165, 1.54) is 0 Å². The van der Waals surface area contributed by atoms with Gasteiger partial charge in [-0.1, -0.05) is 27.7 Å². The second-order valence-corrected chi connectivity index (χ2v) is 5.04. The number of likely N-dealkylation sites (N-methyl/N-ethyl adjacent to an activating group) is 1. The van der Waals surface area contributed by atoms with E-state index in [-0.39, 0.29) is 24.0 Å². The third-order valence-electron chi connectivity index (χ3n) is 2.67. The van der Waals surface area contributed by atoms with E-state index in [0.29, 0.717) is 5.92 Å². The lowest BCUT2D eigenvalue weighted by atomic mass is 10.0. The Kier molecular flexibility index (Phi) is 5.88. The van der Waals surface area contributed by atoms with Crippen LogP contribution in [0.4, 0.5) is 0 Å². The Labute approximate surface area is 93.8 Å². The molecule has 90 valence electrons. The highest BCUT2D eigenvalue weighted by atomic mass is 16.5. The van der Waals surface area contributed by atoms with E-state index in [4.69, 9.17) is 4.74 Å². The van der Waals surface area contributed by atoms with Crippen LogP contribution in [0.25, 0.3) is 0 Å². The Morgan fingerprint density at radius 2 is 1.47 bits per heavy atom. The molecule has 0 aromatic rings. The molecule has 0 aliphatic heterocycles. The number of carbonyl (C=O) groups is 1. The minimum absolute atomic E-state index is 0.0151. The number of carbonyl (C=O) groups excluding carboxylic acids is 1. The SMILES string of the molecule is CC(C)C(C)OC(=O)C(C(C)C)N(C)C. The van der Waals surface area contributed by atoms with Crippen molar-refractivity contribution >= 4 is 5.97 Å². The largest absolute Gasteiger partial charge is 0.461 e. The number of rotatable bonds is 5. The molecule has 0 saturated heterocycles. The molecule has 15 heavy (non-hydrogen) atoms. The topological polar surface area (TPSA) is 29.5 Å². The first-order chi connectivity index (χ1) is 6.77. The molecule has 0 radical (unpaired) electrons. The zero-order chi connectivity index (χ0) is 12.2. The van der Waals surface area contributed by atoms with Crippen LogP contribution >= 0.6 is 0 Å². The first kappa shape index (κ1) is 14.4. The number of hydrogen-bond donors (Lipinski definition) is 0. The van der Waals surface area contributed by atoms with Gasteiger partial charge in [0.25, 0.3) is 0 Å². The quantitative estimate of drug-likeness (QED) is 0.658. The number of nitrogens with zero attached hydrogens (tertiary/aromatic N) is 1. The van der Waals surface area contributed by atoms with E-state index in [9.17, 15) is 4.79 Å². The summed E-state index contributed by atoms with van der Waals surface area (Å²) in [5.41, 5.74) is 0. The minimum atomic E-state index is -0.147. The molecule has 0 saturated carbocycles. The molecular weight excluding hydrogens is 190 g/mol. The van der Waals surface area contributed by atoms with Gasteiger partial charge in [-0.05, 0) is 32.9 Å². The highest BCUT2D eigenvalue weighted by molar-refractivity contribution is 5.76. The van der Waals surface area contributed by atoms with Crippen LogP contribution in [-0.2, 0) is 9.53 Å². The fraction of sp³-hybridized carbons (Fsp3) is 0.917. The van der Waals surface area contributed by atoms with E-state index in [1.807, 2.05) is 39.8 Å². The van der Waals surface area contributed by atoms with Crippen LogP contribution in [0.15, 0.2) is 0 Å². The van der Waals surface area contributed by atoms with Crippen molar-refractivity contribution in [1.29, 1.82) is 0 Å². The highest BCUT2D eigenvalue weighted by Crippen LogP contribution is 2.13. The number of esters is 1. The van der Waals surface area contributed by atoms with Crippen LogP contribution in [-0.4, -0.2) is 37.1 Å². The van der Waals surface area contributed by atoms with Gasteiger partial charge < -0.3 is 4.74 Å². The average Bonchev–Trinajstić information content (AvgIpc) is 2.01. The summed E-state index contributed by atoms with van der Waals surface area (Å²) in [6, 6.07) is -0.147. The van der Waals surface area contributed by atoms with Crippen molar-refractivity contribution in [2.45, 2.75) is 46.8 Å². The molecule has 0 aromatic heterocycles. The monoisotopic (exact) mass is 215 g/mol. The van der Waals surface area contributed by atoms with E-state index in [2.05, 4.69) is 13.8 Å². The normalized spacial score (nSPS) is 15.9. The molecule has 0 bridgehead atoms. The Morgan fingerprint density at radius 3 is 1.73 bits per heavy atom. The molecule has 3 heteroatoms. The van der Waals surface area contributed by atoms with Crippen molar-refractivity contribution in [2.75, 3.05) is 14.1 Å². The van der Waals surface area contributed by atoms with Gasteiger partial charge in [0.1, 0.15) is 12.1 Å². The Balaban J connectivity index is 4.40. The molecule has 0 N–H and O–H groups in total. The van der Waals surface area contributed by atoms with Gasteiger partial charge in [0, 0.05) is 0 Å². The van der Waals surface area contributed by atoms with Crippen molar-refractivity contribution < 1.29 is 9.53 Å². The third kappa shape index (κ3) is 4.65. The van der Waals surface area contributed by atoms with E-state index in [0.717, 1.165) is 0 Å². The third-order valence-corrected chi connectivity index (χ3v) is 2.67. The van der Waals surface area contributed by atoms with Crippen LogP contribution < -0.4 is 0 Å². The van der Waals surface area contributed by atoms with Gasteiger partial charge in [-0.25, -0.2) is 0 Å². The standard InChI is InChI=1S/C12H25NO2/c1-8(2)10(5)15-12(14)11(9(3)4)13(6)7/h8-11H,1-7H3. The second-order valence-electron chi connectivity index (χ2n) is 5.04. The second kappa shape index (κ2) is 6.11. The Morgan fingerprint density at radius 1 is 1.00 bits per heavy atom. The van der Waals surface area contributed by atoms with Gasteiger partial charge in [0.2, 0.25) is 0 Å². The van der Waals surface area contributed by atoms with Crippen molar-refractivity contribution in [1.82, 2.24) is 4.90 Å². The lowest BCUT2D eigenvalue weighted by Gasteiger charge is -2.28. The van der Waals surface area contributed by atoms with E-state index in [1.54, 1.807) is 0 Å². The average molecular weight is 215 g/mol. The molecule has 0 aliphatic rings. The van der Waals surface area contributed by atoms with Crippen molar-refractivity contribution in [3.63, 3.8) is 0 Å². The molecule has 0 amide bonds.